The van der Waals surface area contributed by atoms with Gasteiger partial charge < -0.3 is 9.88 Å². The standard InChI is InChI=1S/C18H23N3O/c1-14-6-3-7-15(12-14)19-18(22)13-21-11-5-9-17(21)16-8-4-10-20(16)2/h3-4,6-8,10,12,17H,5,9,11,13H2,1-2H3,(H,19,22)/t17-/m1/s1. The minimum absolute atomic E-state index is 0.0618. The van der Waals surface area contributed by atoms with Crippen LogP contribution in [0.1, 0.15) is 30.1 Å². The van der Waals surface area contributed by atoms with Gasteiger partial charge in [-0.15, -0.1) is 0 Å². The molecule has 1 saturated heterocycles. The number of benzene rings is 1. The summed E-state index contributed by atoms with van der Waals surface area (Å²) in [5, 5.41) is 3.00. The molecule has 1 N–H and O–H groups in total. The van der Waals surface area contributed by atoms with Gasteiger partial charge in [0.2, 0.25) is 5.91 Å². The third-order valence-electron chi connectivity index (χ3n) is 4.34. The quantitative estimate of drug-likeness (QED) is 0.941. The highest BCUT2D eigenvalue weighted by Crippen LogP contribution is 2.31. The van der Waals surface area contributed by atoms with Gasteiger partial charge >= 0.3 is 0 Å². The van der Waals surface area contributed by atoms with Crippen LogP contribution in [0.3, 0.4) is 0 Å². The number of anilines is 1. The minimum atomic E-state index is 0.0618. The van der Waals surface area contributed by atoms with Crippen molar-refractivity contribution < 1.29 is 4.79 Å². The van der Waals surface area contributed by atoms with E-state index in [0.29, 0.717) is 12.6 Å². The lowest BCUT2D eigenvalue weighted by molar-refractivity contribution is -0.117. The third kappa shape index (κ3) is 3.22. The second kappa shape index (κ2) is 6.36. The average Bonchev–Trinajstić information content (AvgIpc) is 3.07. The van der Waals surface area contributed by atoms with Gasteiger partial charge in [-0.3, -0.25) is 9.69 Å². The Bertz CT molecular complexity index is 662. The van der Waals surface area contributed by atoms with Crippen molar-refractivity contribution in [2.45, 2.75) is 25.8 Å². The van der Waals surface area contributed by atoms with E-state index in [1.54, 1.807) is 0 Å². The molecule has 1 aromatic carbocycles. The molecule has 0 bridgehead atoms. The first-order chi connectivity index (χ1) is 10.6. The Labute approximate surface area is 131 Å². The highest BCUT2D eigenvalue weighted by molar-refractivity contribution is 5.92. The van der Waals surface area contributed by atoms with E-state index in [1.807, 2.05) is 31.2 Å². The zero-order valence-electron chi connectivity index (χ0n) is 13.2. The lowest BCUT2D eigenvalue weighted by atomic mass is 10.1. The Morgan fingerprint density at radius 2 is 2.18 bits per heavy atom. The predicted molar refractivity (Wildman–Crippen MR) is 88.8 cm³/mol. The molecule has 0 radical (unpaired) electrons. The molecule has 1 fully saturated rings. The molecule has 4 heteroatoms. The number of nitrogens with zero attached hydrogens (tertiary/aromatic N) is 2. The summed E-state index contributed by atoms with van der Waals surface area (Å²) in [4.78, 5) is 14.6. The van der Waals surface area contributed by atoms with E-state index in [9.17, 15) is 4.79 Å². The number of carbonyl (C=O) groups is 1. The fraction of sp³-hybridized carbons (Fsp3) is 0.389. The number of aromatic nitrogens is 1. The molecule has 1 atom stereocenters. The van der Waals surface area contributed by atoms with Crippen LogP contribution in [0, 0.1) is 6.92 Å². The van der Waals surface area contributed by atoms with Gasteiger partial charge in [-0.05, 0) is 56.1 Å². The molecule has 2 heterocycles. The van der Waals surface area contributed by atoms with E-state index in [1.165, 1.54) is 5.69 Å². The molecule has 0 unspecified atom stereocenters. The third-order valence-corrected chi connectivity index (χ3v) is 4.34. The number of hydrogen-bond acceptors (Lipinski definition) is 2. The topological polar surface area (TPSA) is 37.3 Å². The summed E-state index contributed by atoms with van der Waals surface area (Å²) in [6.07, 6.45) is 4.34. The van der Waals surface area contributed by atoms with Crippen LogP contribution in [0.2, 0.25) is 0 Å². The zero-order chi connectivity index (χ0) is 15.5. The molecule has 0 spiro atoms. The summed E-state index contributed by atoms with van der Waals surface area (Å²) in [7, 11) is 2.07. The molecule has 1 amide bonds. The van der Waals surface area contributed by atoms with E-state index < -0.39 is 0 Å². The average molecular weight is 297 g/mol. The fourth-order valence-corrected chi connectivity index (χ4v) is 3.28. The molecule has 116 valence electrons. The number of carbonyl (C=O) groups excluding carboxylic acids is 1. The van der Waals surface area contributed by atoms with Crippen molar-refractivity contribution in [1.29, 1.82) is 0 Å². The highest BCUT2D eigenvalue weighted by Gasteiger charge is 2.28. The van der Waals surface area contributed by atoms with Crippen LogP contribution >= 0.6 is 0 Å². The van der Waals surface area contributed by atoms with Crippen LogP contribution < -0.4 is 5.32 Å². The van der Waals surface area contributed by atoms with Crippen molar-refractivity contribution in [2.75, 3.05) is 18.4 Å². The Hall–Kier alpha value is -2.07. The van der Waals surface area contributed by atoms with Crippen molar-refractivity contribution in [1.82, 2.24) is 9.47 Å². The smallest absolute Gasteiger partial charge is 0.238 e. The van der Waals surface area contributed by atoms with E-state index in [2.05, 4.69) is 40.2 Å². The van der Waals surface area contributed by atoms with Gasteiger partial charge in [0.05, 0.1) is 12.6 Å². The fourth-order valence-electron chi connectivity index (χ4n) is 3.28. The van der Waals surface area contributed by atoms with Gasteiger partial charge in [0.1, 0.15) is 0 Å². The maximum Gasteiger partial charge on any atom is 0.238 e. The predicted octanol–water partition coefficient (Wildman–Crippen LogP) is 3.11. The van der Waals surface area contributed by atoms with E-state index in [-0.39, 0.29) is 5.91 Å². The van der Waals surface area contributed by atoms with Crippen molar-refractivity contribution in [2.24, 2.45) is 7.05 Å². The monoisotopic (exact) mass is 297 g/mol. The van der Waals surface area contributed by atoms with Gasteiger partial charge in [-0.1, -0.05) is 12.1 Å². The summed E-state index contributed by atoms with van der Waals surface area (Å²) >= 11 is 0. The Balaban J connectivity index is 1.64. The number of amides is 1. The van der Waals surface area contributed by atoms with Gasteiger partial charge in [0.25, 0.3) is 0 Å². The molecule has 2 aromatic rings. The number of nitrogens with one attached hydrogen (secondary N) is 1. The summed E-state index contributed by atoms with van der Waals surface area (Å²) in [5.74, 6) is 0.0618. The van der Waals surface area contributed by atoms with Crippen LogP contribution in [0.4, 0.5) is 5.69 Å². The van der Waals surface area contributed by atoms with E-state index in [0.717, 1.165) is 30.6 Å². The van der Waals surface area contributed by atoms with Gasteiger partial charge in [0, 0.05) is 24.6 Å². The molecule has 22 heavy (non-hydrogen) atoms. The number of rotatable bonds is 4. The van der Waals surface area contributed by atoms with Crippen LogP contribution in [0.15, 0.2) is 42.6 Å². The SMILES string of the molecule is Cc1cccc(NC(=O)CN2CCC[C@@H]2c2cccn2C)c1. The zero-order valence-corrected chi connectivity index (χ0v) is 13.2. The Morgan fingerprint density at radius 1 is 1.32 bits per heavy atom. The molecule has 0 aliphatic carbocycles. The summed E-state index contributed by atoms with van der Waals surface area (Å²) < 4.78 is 2.15. The maximum atomic E-state index is 12.3. The van der Waals surface area contributed by atoms with E-state index in [4.69, 9.17) is 0 Å². The molecule has 1 aliphatic rings. The van der Waals surface area contributed by atoms with Crippen molar-refractivity contribution in [3.63, 3.8) is 0 Å². The molecule has 1 aromatic heterocycles. The summed E-state index contributed by atoms with van der Waals surface area (Å²) in [6.45, 7) is 3.46. The normalized spacial score (nSPS) is 18.5. The number of hydrogen-bond donors (Lipinski definition) is 1. The molecular weight excluding hydrogens is 274 g/mol. The van der Waals surface area contributed by atoms with Gasteiger partial charge in [-0.25, -0.2) is 0 Å². The van der Waals surface area contributed by atoms with Crippen molar-refractivity contribution in [3.05, 3.63) is 53.9 Å². The summed E-state index contributed by atoms with van der Waals surface area (Å²) in [5.41, 5.74) is 3.32. The number of aryl methyl sites for hydroxylation is 2. The highest BCUT2D eigenvalue weighted by atomic mass is 16.2. The molecule has 0 saturated carbocycles. The lowest BCUT2D eigenvalue weighted by Crippen LogP contribution is -2.33. The molecule has 1 aliphatic heterocycles. The minimum Gasteiger partial charge on any atom is -0.353 e. The first-order valence-electron chi connectivity index (χ1n) is 7.85. The van der Waals surface area contributed by atoms with Crippen LogP contribution in [-0.4, -0.2) is 28.5 Å². The lowest BCUT2D eigenvalue weighted by Gasteiger charge is -2.24. The largest absolute Gasteiger partial charge is 0.353 e. The van der Waals surface area contributed by atoms with Crippen molar-refractivity contribution in [3.8, 4) is 0 Å². The Kier molecular flexibility index (Phi) is 4.29. The Morgan fingerprint density at radius 3 is 2.91 bits per heavy atom. The first-order valence-corrected chi connectivity index (χ1v) is 7.85. The van der Waals surface area contributed by atoms with Crippen LogP contribution in [0.5, 0.6) is 0 Å². The van der Waals surface area contributed by atoms with Crippen LogP contribution in [0.25, 0.3) is 0 Å². The van der Waals surface area contributed by atoms with E-state index >= 15 is 0 Å². The first kappa shape index (κ1) is 14.9. The van der Waals surface area contributed by atoms with Gasteiger partial charge in [0.15, 0.2) is 0 Å². The molecule has 3 rings (SSSR count). The molecular formula is C18H23N3O. The second-order valence-electron chi connectivity index (χ2n) is 6.09. The van der Waals surface area contributed by atoms with Gasteiger partial charge in [-0.2, -0.15) is 0 Å². The number of likely N-dealkylation sites (tertiary alicyclic amines) is 1. The molecule has 4 nitrogen and oxygen atoms in total. The summed E-state index contributed by atoms with van der Waals surface area (Å²) in [6, 6.07) is 12.5. The van der Waals surface area contributed by atoms with Crippen LogP contribution in [-0.2, 0) is 11.8 Å². The maximum absolute atomic E-state index is 12.3. The van der Waals surface area contributed by atoms with Crippen molar-refractivity contribution >= 4 is 11.6 Å². The second-order valence-corrected chi connectivity index (χ2v) is 6.09.